The molecule has 0 aliphatic carbocycles. The van der Waals surface area contributed by atoms with Crippen molar-refractivity contribution >= 4 is 102 Å². The van der Waals surface area contributed by atoms with Crippen LogP contribution < -0.4 is 27.1 Å². The number of aromatic amines is 1. The Morgan fingerprint density at radius 1 is 0.481 bits per heavy atom. The molecule has 1 aliphatic rings. The number of rotatable bonds is 5. The Hall–Kier alpha value is -11.7. The lowest BCUT2D eigenvalue weighted by molar-refractivity contribution is 0.0996. The van der Waals surface area contributed by atoms with Crippen LogP contribution in [0.4, 0.5) is 23.0 Å². The SMILES string of the molecule is CC(C)(C)n1ccc2c(N)ccnc21.CC(C)(C)n1cnc2c(N)ccnc21.CC(C)(C)n1cnc2c(NCc3ccccc3)ncnc21.CC(C)(C)n1cnc2c1N=CCC2=O.CC(C)(C)n1cnc2cncnc21.CCOc1nc(C)nc2c1ncn2C(C)(C)C.Cc1nc2c(ncn2C(C)(C)C)c(=O)[nH]1. The van der Waals surface area contributed by atoms with Gasteiger partial charge in [-0.25, -0.2) is 74.8 Å². The normalized spacial score (nSPS) is 12.6. The Morgan fingerprint density at radius 3 is 1.57 bits per heavy atom. The van der Waals surface area contributed by atoms with Gasteiger partial charge in [0.05, 0.1) is 56.5 Å². The lowest BCUT2D eigenvalue weighted by Crippen LogP contribution is -2.22. The standard InChI is InChI=1S/C16H19N5.C12H18N4O.C11H15N3.C10H14N4O.C10H14N4.C10H13N3O.C9H12N4/c1-16(2,3)21-11-20-13-14(18-10-19-15(13)21)17-9-12-7-5-4-6-8-12;1-6-17-11-9-10(14-8(2)15-11)16(7-13-9)12(3,4)5;1-11(2,3)14-7-5-8-9(12)4-6-13-10(8)14;1-6-12-8-7(9(15)13-6)11-5-14(8)10(2,3)4;1-10(2,3)14-6-13-8-7(11)4-5-12-9(8)14;1-10(2,3)13-6-12-8-7(14)4-5-11-9(8)13;1-9(2,3)13-6-12-7-4-10-5-11-8(7)13/h4-8,10-11H,9H2,1-3H3,(H,17,18,19);7H,6H2,1-5H3;4-7H,1-3H3,(H2,12,13);5H,1-4H3,(H,12,13,15);4-6H,1-3H3,(H2,11,12);5-6H,4H2,1-3H3;4-6H,1-3H3. The van der Waals surface area contributed by atoms with Crippen molar-refractivity contribution in [2.24, 2.45) is 4.99 Å². The van der Waals surface area contributed by atoms with Crippen LogP contribution in [0.25, 0.3) is 66.9 Å². The number of aromatic nitrogens is 23. The number of aliphatic imine (C=N–C) groups is 1. The molecule has 0 saturated heterocycles. The fraction of sp³-hybridized carbons (Fsp3) is 0.436. The third-order valence-electron chi connectivity index (χ3n) is 16.8. The van der Waals surface area contributed by atoms with E-state index in [9.17, 15) is 9.59 Å². The first-order valence-corrected chi connectivity index (χ1v) is 35.8. The third kappa shape index (κ3) is 18.9. The van der Waals surface area contributed by atoms with Crippen molar-refractivity contribution in [3.8, 4) is 5.88 Å². The molecule has 0 bridgehead atoms. The number of hydrogen-bond acceptors (Lipinski definition) is 22. The highest BCUT2D eigenvalue weighted by atomic mass is 16.5. The minimum absolute atomic E-state index is 0.0170. The smallest absolute Gasteiger partial charge is 0.279 e. The predicted octanol–water partition coefficient (Wildman–Crippen LogP) is 14.3. The number of benzene rings is 1. The number of ketones is 1. The van der Waals surface area contributed by atoms with Crippen LogP contribution in [0.2, 0.25) is 0 Å². The molecule has 30 heteroatoms. The van der Waals surface area contributed by atoms with Gasteiger partial charge in [0.2, 0.25) is 5.88 Å². The minimum atomic E-state index is -0.180. The number of nitrogens with zero attached hydrogens (tertiary/aromatic N) is 23. The number of Topliss-reactive ketones (excluding diaryl/α,β-unsaturated/α-hetero) is 1. The van der Waals surface area contributed by atoms with Crippen LogP contribution in [-0.4, -0.2) is 130 Å². The second-order valence-corrected chi connectivity index (χ2v) is 32.9. The molecule has 15 rings (SSSR count). The van der Waals surface area contributed by atoms with E-state index in [1.807, 2.05) is 100 Å². The van der Waals surface area contributed by atoms with E-state index in [0.717, 1.165) is 73.7 Å². The monoisotopic (exact) mass is 1470 g/mol. The summed E-state index contributed by atoms with van der Waals surface area (Å²) in [5.41, 5.74) is 23.0. The molecule has 570 valence electrons. The number of pyridine rings is 2. The Morgan fingerprint density at radius 2 is 0.981 bits per heavy atom. The molecule has 0 amide bonds. The number of anilines is 3. The lowest BCUT2D eigenvalue weighted by atomic mass is 10.1. The first-order valence-electron chi connectivity index (χ1n) is 35.8. The summed E-state index contributed by atoms with van der Waals surface area (Å²) in [4.78, 5) is 93.9. The maximum absolute atomic E-state index is 11.6. The summed E-state index contributed by atoms with van der Waals surface area (Å²) in [6.45, 7) is 51.1. The highest BCUT2D eigenvalue weighted by Gasteiger charge is 2.27. The molecule has 0 radical (unpaired) electrons. The molecule has 14 heterocycles. The summed E-state index contributed by atoms with van der Waals surface area (Å²) < 4.78 is 19.7. The maximum Gasteiger partial charge on any atom is 0.279 e. The van der Waals surface area contributed by atoms with Crippen LogP contribution in [0.3, 0.4) is 0 Å². The van der Waals surface area contributed by atoms with Crippen LogP contribution in [0.15, 0.2) is 134 Å². The van der Waals surface area contributed by atoms with Gasteiger partial charge in [-0.3, -0.25) is 9.59 Å². The molecule has 0 atom stereocenters. The minimum Gasteiger partial charge on any atom is -0.476 e. The van der Waals surface area contributed by atoms with Crippen LogP contribution in [-0.2, 0) is 45.3 Å². The van der Waals surface area contributed by atoms with E-state index in [2.05, 4.69) is 236 Å². The molecule has 14 aromatic rings. The second-order valence-electron chi connectivity index (χ2n) is 32.9. The number of carbonyl (C=O) groups is 1. The van der Waals surface area contributed by atoms with E-state index >= 15 is 0 Å². The van der Waals surface area contributed by atoms with Gasteiger partial charge in [0.25, 0.3) is 5.56 Å². The molecule has 1 aliphatic heterocycles. The molecular weight excluding hydrogens is 1360 g/mol. The van der Waals surface area contributed by atoms with E-state index in [-0.39, 0.29) is 50.1 Å². The fourth-order valence-electron chi connectivity index (χ4n) is 11.2. The molecule has 6 N–H and O–H groups in total. The highest BCUT2D eigenvalue weighted by molar-refractivity contribution is 6.08. The van der Waals surface area contributed by atoms with Gasteiger partial charge < -0.3 is 58.5 Å². The van der Waals surface area contributed by atoms with E-state index in [1.165, 1.54) is 5.56 Å². The number of nitrogen functional groups attached to an aromatic ring is 2. The molecule has 0 spiro atoms. The van der Waals surface area contributed by atoms with Crippen molar-refractivity contribution in [1.29, 1.82) is 0 Å². The summed E-state index contributed by atoms with van der Waals surface area (Å²) in [7, 11) is 0. The van der Waals surface area contributed by atoms with Gasteiger partial charge >= 0.3 is 0 Å². The van der Waals surface area contributed by atoms with Crippen molar-refractivity contribution in [2.75, 3.05) is 23.4 Å². The average molecular weight is 1470 g/mol. The van der Waals surface area contributed by atoms with Crippen LogP contribution in [0, 0.1) is 13.8 Å². The summed E-state index contributed by atoms with van der Waals surface area (Å²) in [5, 5.41) is 4.37. The molecule has 30 nitrogen and oxygen atoms in total. The number of H-pyrrole nitrogens is 1. The number of imidazole rings is 6. The topological polar surface area (TPSA) is 363 Å². The van der Waals surface area contributed by atoms with Crippen molar-refractivity contribution in [3.63, 3.8) is 0 Å². The quantitative estimate of drug-likeness (QED) is 0.124. The molecular formula is C78H105N27O3. The van der Waals surface area contributed by atoms with Crippen molar-refractivity contribution in [2.45, 2.75) is 218 Å². The van der Waals surface area contributed by atoms with Gasteiger partial charge in [-0.2, -0.15) is 4.98 Å². The van der Waals surface area contributed by atoms with E-state index in [1.54, 1.807) is 82.1 Å². The number of nitrogens with two attached hydrogens (primary N) is 2. The Kier molecular flexibility index (Phi) is 23.6. The van der Waals surface area contributed by atoms with Gasteiger partial charge in [-0.15, -0.1) is 0 Å². The third-order valence-corrected chi connectivity index (χ3v) is 16.8. The number of nitrogens with one attached hydrogen (secondary N) is 2. The predicted molar refractivity (Wildman–Crippen MR) is 429 cm³/mol. The Bertz CT molecular complexity index is 5410. The summed E-state index contributed by atoms with van der Waals surface area (Å²) >= 11 is 0. The zero-order valence-corrected chi connectivity index (χ0v) is 66.9. The second kappa shape index (κ2) is 31.8. The molecule has 13 aromatic heterocycles. The number of aryl methyl sites for hydroxylation is 2. The molecule has 0 saturated carbocycles. The largest absolute Gasteiger partial charge is 0.476 e. The summed E-state index contributed by atoms with van der Waals surface area (Å²) in [6.07, 6.45) is 22.9. The summed E-state index contributed by atoms with van der Waals surface area (Å²) in [5.74, 6) is 3.39. The molecule has 1 aromatic carbocycles. The van der Waals surface area contributed by atoms with Crippen LogP contribution >= 0.6 is 0 Å². The van der Waals surface area contributed by atoms with E-state index in [0.29, 0.717) is 58.9 Å². The molecule has 0 fully saturated rings. The number of ether oxygens (including phenoxy) is 1. The average Bonchev–Trinajstić information content (AvgIpc) is 1.59. The molecule has 0 unspecified atom stereocenters. The first kappa shape index (κ1) is 80.4. The zero-order chi connectivity index (χ0) is 79.2. The van der Waals surface area contributed by atoms with Gasteiger partial charge in [-0.1, -0.05) is 30.3 Å². The number of fused-ring (bicyclic) bond motifs is 7. The van der Waals surface area contributed by atoms with Crippen LogP contribution in [0.5, 0.6) is 5.88 Å². The van der Waals surface area contributed by atoms with Gasteiger partial charge in [0.15, 0.2) is 62.4 Å². The lowest BCUT2D eigenvalue weighted by Gasteiger charge is -2.22. The summed E-state index contributed by atoms with van der Waals surface area (Å²) in [6, 6.07) is 15.8. The van der Waals surface area contributed by atoms with Crippen molar-refractivity contribution in [3.05, 3.63) is 157 Å². The fourth-order valence-corrected chi connectivity index (χ4v) is 11.2. The van der Waals surface area contributed by atoms with E-state index < -0.39 is 0 Å². The number of hydrogen-bond donors (Lipinski definition) is 4. The number of carbonyl (C=O) groups excluding carboxylic acids is 1. The Balaban J connectivity index is 0.000000146. The van der Waals surface area contributed by atoms with Gasteiger partial charge in [0, 0.05) is 87.6 Å². The van der Waals surface area contributed by atoms with E-state index in [4.69, 9.17) is 16.2 Å². The van der Waals surface area contributed by atoms with Crippen LogP contribution in [0.1, 0.15) is 186 Å². The highest BCUT2D eigenvalue weighted by Crippen LogP contribution is 2.32. The van der Waals surface area contributed by atoms with Gasteiger partial charge in [-0.05, 0) is 190 Å². The molecule has 108 heavy (non-hydrogen) atoms. The van der Waals surface area contributed by atoms with Crippen molar-refractivity contribution in [1.82, 2.24) is 112 Å². The first-order chi connectivity index (χ1) is 50.5. The Labute approximate surface area is 629 Å². The van der Waals surface area contributed by atoms with Crippen molar-refractivity contribution < 1.29 is 9.53 Å². The van der Waals surface area contributed by atoms with Gasteiger partial charge in [0.1, 0.15) is 46.5 Å². The zero-order valence-electron chi connectivity index (χ0n) is 66.9. The maximum atomic E-state index is 11.6.